The second-order valence-corrected chi connectivity index (χ2v) is 14.8. The maximum atomic E-state index is 14.1. The molecule has 5 heteroatoms. The second-order valence-electron chi connectivity index (χ2n) is 14.8. The standard InChI is InChI=1S/C30H47NO4/c1-18(2)20-8-12-27(4)19-15-23(33)30-11-6-7-21(30)29(27,25(20)31(30)16-19)14-9-22(32)26(3)17-34-28(5)13-10-24(26)35-28/h18-21,23-25,33H,6-17H2,1-5H3/t19-,20-,21+,23-,24+,25+,26-,27+,28-,29+,30+/m1/s1. The summed E-state index contributed by atoms with van der Waals surface area (Å²) in [4.78, 5) is 16.9. The fraction of sp³-hybridized carbons (Fsp3) is 0.967. The molecule has 7 bridgehead atoms. The van der Waals surface area contributed by atoms with Crippen molar-refractivity contribution in [1.82, 2.24) is 4.90 Å². The van der Waals surface area contributed by atoms with Gasteiger partial charge < -0.3 is 14.6 Å². The van der Waals surface area contributed by atoms with Gasteiger partial charge in [0.25, 0.3) is 0 Å². The van der Waals surface area contributed by atoms with Crippen LogP contribution < -0.4 is 0 Å². The highest BCUT2D eigenvalue weighted by Gasteiger charge is 2.81. The van der Waals surface area contributed by atoms with Crippen LogP contribution in [0, 0.1) is 39.9 Å². The van der Waals surface area contributed by atoms with Crippen LogP contribution in [0.4, 0.5) is 0 Å². The minimum atomic E-state index is -0.529. The van der Waals surface area contributed by atoms with Crippen LogP contribution in [0.15, 0.2) is 0 Å². The lowest BCUT2D eigenvalue weighted by molar-refractivity contribution is -0.282. The average Bonchev–Trinajstić information content (AvgIpc) is 3.44. The Labute approximate surface area is 211 Å². The highest BCUT2D eigenvalue weighted by molar-refractivity contribution is 5.85. The Hall–Kier alpha value is -0.490. The molecule has 0 aromatic heterocycles. The first kappa shape index (κ1) is 23.6. The van der Waals surface area contributed by atoms with E-state index in [1.54, 1.807) is 0 Å². The Morgan fingerprint density at radius 3 is 2.69 bits per heavy atom. The maximum absolute atomic E-state index is 14.1. The molecular weight excluding hydrogens is 438 g/mol. The molecule has 5 nitrogen and oxygen atoms in total. The Kier molecular flexibility index (Phi) is 4.81. The van der Waals surface area contributed by atoms with Crippen LogP contribution in [0.3, 0.4) is 0 Å². The molecule has 7 rings (SSSR count). The van der Waals surface area contributed by atoms with E-state index in [2.05, 4.69) is 32.6 Å². The van der Waals surface area contributed by atoms with Crippen molar-refractivity contribution < 1.29 is 19.4 Å². The molecule has 0 radical (unpaired) electrons. The van der Waals surface area contributed by atoms with Crippen molar-refractivity contribution in [2.45, 2.75) is 128 Å². The molecule has 5 saturated heterocycles. The number of aliphatic hydroxyl groups is 1. The number of aliphatic hydroxyl groups excluding tert-OH is 1. The summed E-state index contributed by atoms with van der Waals surface area (Å²) in [5, 5.41) is 11.7. The number of carbonyl (C=O) groups is 1. The highest BCUT2D eigenvalue weighted by atomic mass is 16.7. The van der Waals surface area contributed by atoms with E-state index < -0.39 is 11.2 Å². The third-order valence-corrected chi connectivity index (χ3v) is 13.5. The number of piperidine rings is 2. The fourth-order valence-electron chi connectivity index (χ4n) is 11.6. The SMILES string of the molecule is CC(C)[C@H]1CC[C@@]2(C)[C@@H]3C[C@@H](O)[C@]45CCC[C@H]4[C@@]2(CCC(=O)[C@@]2(C)CO[C@@]4(C)CC[C@@H]2O4)[C@H]1N5C3. The number of nitrogens with zero attached hydrogens (tertiary/aromatic N) is 1. The molecule has 1 N–H and O–H groups in total. The van der Waals surface area contributed by atoms with Crippen molar-refractivity contribution in [3.63, 3.8) is 0 Å². The van der Waals surface area contributed by atoms with Gasteiger partial charge in [-0.2, -0.15) is 0 Å². The van der Waals surface area contributed by atoms with Gasteiger partial charge in [0, 0.05) is 25.4 Å². The van der Waals surface area contributed by atoms with Crippen molar-refractivity contribution in [1.29, 1.82) is 0 Å². The van der Waals surface area contributed by atoms with Crippen molar-refractivity contribution in [3.8, 4) is 0 Å². The molecule has 0 amide bonds. The first-order chi connectivity index (χ1) is 16.5. The van der Waals surface area contributed by atoms with Gasteiger partial charge in [-0.1, -0.05) is 27.2 Å². The van der Waals surface area contributed by atoms with Gasteiger partial charge in [-0.15, -0.1) is 0 Å². The monoisotopic (exact) mass is 485 g/mol. The lowest BCUT2D eigenvalue weighted by atomic mass is 9.42. The Morgan fingerprint density at radius 2 is 1.91 bits per heavy atom. The molecule has 1 spiro atoms. The summed E-state index contributed by atoms with van der Waals surface area (Å²) >= 11 is 0. The van der Waals surface area contributed by atoms with Crippen molar-refractivity contribution >= 4 is 5.78 Å². The molecule has 2 saturated carbocycles. The van der Waals surface area contributed by atoms with E-state index in [1.807, 2.05) is 6.92 Å². The van der Waals surface area contributed by atoms with Gasteiger partial charge in [-0.25, -0.2) is 0 Å². The summed E-state index contributed by atoms with van der Waals surface area (Å²) in [6.45, 7) is 13.2. The normalized spacial score (nSPS) is 59.8. The molecule has 0 aromatic carbocycles. The Bertz CT molecular complexity index is 937. The van der Waals surface area contributed by atoms with Gasteiger partial charge in [0.15, 0.2) is 5.79 Å². The summed E-state index contributed by atoms with van der Waals surface area (Å²) in [6.07, 6.45) is 10.4. The fourth-order valence-corrected chi connectivity index (χ4v) is 11.6. The first-order valence-corrected chi connectivity index (χ1v) is 14.8. The van der Waals surface area contributed by atoms with Gasteiger partial charge >= 0.3 is 0 Å². The molecule has 5 heterocycles. The van der Waals surface area contributed by atoms with Crippen LogP contribution in [0.1, 0.15) is 98.8 Å². The van der Waals surface area contributed by atoms with Crippen LogP contribution in [-0.2, 0) is 14.3 Å². The quantitative estimate of drug-likeness (QED) is 0.598. The third-order valence-electron chi connectivity index (χ3n) is 13.5. The number of hydrogen-bond acceptors (Lipinski definition) is 5. The molecular formula is C30H47NO4. The van der Waals surface area contributed by atoms with Crippen LogP contribution >= 0.6 is 0 Å². The summed E-state index contributed by atoms with van der Waals surface area (Å²) in [5.74, 6) is 2.26. The zero-order valence-electron chi connectivity index (χ0n) is 22.6. The third kappa shape index (κ3) is 2.58. The van der Waals surface area contributed by atoms with E-state index >= 15 is 0 Å². The predicted molar refractivity (Wildman–Crippen MR) is 134 cm³/mol. The minimum absolute atomic E-state index is 0.00740. The molecule has 7 aliphatic rings. The topological polar surface area (TPSA) is 59.0 Å². The van der Waals surface area contributed by atoms with E-state index in [0.29, 0.717) is 48.5 Å². The van der Waals surface area contributed by atoms with E-state index in [-0.39, 0.29) is 28.6 Å². The number of ether oxygens (including phenoxy) is 2. The molecule has 2 aliphatic carbocycles. The summed E-state index contributed by atoms with van der Waals surface area (Å²) in [7, 11) is 0. The van der Waals surface area contributed by atoms with E-state index in [1.165, 1.54) is 32.2 Å². The zero-order valence-corrected chi connectivity index (χ0v) is 22.6. The summed E-state index contributed by atoms with van der Waals surface area (Å²) in [5.41, 5.74) is -0.198. The number of hydrogen-bond donors (Lipinski definition) is 1. The lowest BCUT2D eigenvalue weighted by Gasteiger charge is -2.67. The number of Topliss-reactive ketones (excluding diaryl/α,β-unsaturated/α-hetero) is 1. The van der Waals surface area contributed by atoms with Crippen molar-refractivity contribution in [2.24, 2.45) is 39.9 Å². The highest BCUT2D eigenvalue weighted by Crippen LogP contribution is 2.79. The number of fused-ring (bicyclic) bond motifs is 4. The molecule has 0 aromatic rings. The van der Waals surface area contributed by atoms with Crippen LogP contribution in [0.25, 0.3) is 0 Å². The Morgan fingerprint density at radius 1 is 1.11 bits per heavy atom. The molecule has 5 aliphatic heterocycles. The molecule has 7 fully saturated rings. The zero-order chi connectivity index (χ0) is 24.6. The Balaban J connectivity index is 1.27. The maximum Gasteiger partial charge on any atom is 0.166 e. The second kappa shape index (κ2) is 7.12. The van der Waals surface area contributed by atoms with Crippen LogP contribution in [0.5, 0.6) is 0 Å². The van der Waals surface area contributed by atoms with Crippen molar-refractivity contribution in [3.05, 3.63) is 0 Å². The predicted octanol–water partition coefficient (Wildman–Crippen LogP) is 4.94. The van der Waals surface area contributed by atoms with Crippen LogP contribution in [0.2, 0.25) is 0 Å². The van der Waals surface area contributed by atoms with Gasteiger partial charge in [0.1, 0.15) is 5.78 Å². The van der Waals surface area contributed by atoms with E-state index in [9.17, 15) is 9.90 Å². The van der Waals surface area contributed by atoms with Gasteiger partial charge in [0.05, 0.1) is 29.8 Å². The van der Waals surface area contributed by atoms with E-state index in [4.69, 9.17) is 9.47 Å². The van der Waals surface area contributed by atoms with Gasteiger partial charge in [-0.3, -0.25) is 9.69 Å². The summed E-state index contributed by atoms with van der Waals surface area (Å²) in [6, 6.07) is 0.520. The number of carbonyl (C=O) groups excluding carboxylic acids is 1. The summed E-state index contributed by atoms with van der Waals surface area (Å²) < 4.78 is 12.4. The number of ketones is 1. The smallest absolute Gasteiger partial charge is 0.166 e. The van der Waals surface area contributed by atoms with E-state index in [0.717, 1.165) is 32.1 Å². The first-order valence-electron chi connectivity index (χ1n) is 14.8. The molecule has 1 unspecified atom stereocenters. The van der Waals surface area contributed by atoms with Gasteiger partial charge in [-0.05, 0) is 93.3 Å². The molecule has 35 heavy (non-hydrogen) atoms. The number of rotatable bonds is 5. The lowest BCUT2D eigenvalue weighted by Crippen LogP contribution is -2.70. The molecule has 196 valence electrons. The molecule has 12 atom stereocenters. The average molecular weight is 486 g/mol. The largest absolute Gasteiger partial charge is 0.391 e. The van der Waals surface area contributed by atoms with Gasteiger partial charge in [0.2, 0.25) is 0 Å². The van der Waals surface area contributed by atoms with Crippen LogP contribution in [-0.4, -0.2) is 58.5 Å². The minimum Gasteiger partial charge on any atom is -0.391 e. The van der Waals surface area contributed by atoms with Crippen molar-refractivity contribution in [2.75, 3.05) is 13.2 Å².